The van der Waals surface area contributed by atoms with Gasteiger partial charge in [0.05, 0.1) is 14.2 Å². The van der Waals surface area contributed by atoms with Gasteiger partial charge in [0, 0.05) is 31.7 Å². The van der Waals surface area contributed by atoms with Crippen molar-refractivity contribution in [3.05, 3.63) is 53.6 Å². The number of hydrogen-bond acceptors (Lipinski definition) is 4. The molecule has 0 atom stereocenters. The van der Waals surface area contributed by atoms with Crippen LogP contribution in [0.5, 0.6) is 11.5 Å². The number of hydrogen-bond donors (Lipinski definition) is 1. The molecule has 0 fully saturated rings. The molecule has 0 aromatic heterocycles. The first-order chi connectivity index (χ1) is 13.1. The number of amides is 1. The number of nitrogens with one attached hydrogen (secondary N) is 1. The van der Waals surface area contributed by atoms with Gasteiger partial charge in [-0.15, -0.1) is 0 Å². The smallest absolute Gasteiger partial charge is 0.220 e. The van der Waals surface area contributed by atoms with Crippen molar-refractivity contribution < 1.29 is 14.3 Å². The first-order valence-electron chi connectivity index (χ1n) is 9.42. The first kappa shape index (κ1) is 20.6. The largest absolute Gasteiger partial charge is 0.493 e. The molecule has 0 spiro atoms. The molecule has 2 rings (SSSR count). The fraction of sp³-hybridized carbons (Fsp3) is 0.409. The van der Waals surface area contributed by atoms with Gasteiger partial charge in [0.25, 0.3) is 0 Å². The molecule has 0 heterocycles. The van der Waals surface area contributed by atoms with Gasteiger partial charge in [-0.1, -0.05) is 18.2 Å². The lowest BCUT2D eigenvalue weighted by atomic mass is 10.1. The molecule has 0 aliphatic rings. The number of anilines is 1. The molecule has 0 bridgehead atoms. The Hall–Kier alpha value is -2.69. The van der Waals surface area contributed by atoms with Gasteiger partial charge in [-0.05, 0) is 55.7 Å². The summed E-state index contributed by atoms with van der Waals surface area (Å²) < 4.78 is 10.5. The van der Waals surface area contributed by atoms with Gasteiger partial charge in [-0.25, -0.2) is 0 Å². The highest BCUT2D eigenvalue weighted by Gasteiger charge is 2.07. The van der Waals surface area contributed by atoms with E-state index in [1.807, 2.05) is 18.2 Å². The first-order valence-corrected chi connectivity index (χ1v) is 9.42. The fourth-order valence-corrected chi connectivity index (χ4v) is 3.00. The minimum absolute atomic E-state index is 0.0394. The van der Waals surface area contributed by atoms with Crippen LogP contribution in [0.4, 0.5) is 5.69 Å². The summed E-state index contributed by atoms with van der Waals surface area (Å²) in [6.07, 6.45) is 1.10. The highest BCUT2D eigenvalue weighted by molar-refractivity contribution is 5.76. The third kappa shape index (κ3) is 5.91. The number of ether oxygens (including phenoxy) is 2. The van der Waals surface area contributed by atoms with Crippen molar-refractivity contribution in [3.8, 4) is 11.5 Å². The second kappa shape index (κ2) is 10.5. The lowest BCUT2D eigenvalue weighted by Crippen LogP contribution is -2.23. The summed E-state index contributed by atoms with van der Waals surface area (Å²) in [7, 11) is 3.22. The van der Waals surface area contributed by atoms with E-state index in [4.69, 9.17) is 9.47 Å². The van der Waals surface area contributed by atoms with E-state index in [0.29, 0.717) is 30.9 Å². The van der Waals surface area contributed by atoms with Crippen molar-refractivity contribution in [3.63, 3.8) is 0 Å². The lowest BCUT2D eigenvalue weighted by molar-refractivity contribution is -0.121. The predicted octanol–water partition coefficient (Wildman–Crippen LogP) is 3.80. The van der Waals surface area contributed by atoms with Crippen LogP contribution in [-0.2, 0) is 17.8 Å². The summed E-state index contributed by atoms with van der Waals surface area (Å²) in [4.78, 5) is 14.5. The van der Waals surface area contributed by atoms with Gasteiger partial charge in [-0.2, -0.15) is 0 Å². The van der Waals surface area contributed by atoms with E-state index in [-0.39, 0.29) is 5.91 Å². The molecule has 0 unspecified atom stereocenters. The quantitative estimate of drug-likeness (QED) is 0.691. The second-order valence-electron chi connectivity index (χ2n) is 6.30. The second-order valence-corrected chi connectivity index (χ2v) is 6.30. The topological polar surface area (TPSA) is 50.8 Å². The van der Waals surface area contributed by atoms with E-state index < -0.39 is 0 Å². The molecular weight excluding hydrogens is 340 g/mol. The summed E-state index contributed by atoms with van der Waals surface area (Å²) in [6.45, 7) is 6.82. The van der Waals surface area contributed by atoms with Crippen LogP contribution in [0.1, 0.15) is 31.4 Å². The maximum atomic E-state index is 12.2. The van der Waals surface area contributed by atoms with Crippen molar-refractivity contribution in [1.82, 2.24) is 5.32 Å². The van der Waals surface area contributed by atoms with Crippen molar-refractivity contribution in [2.24, 2.45) is 0 Å². The molecule has 1 N–H and O–H groups in total. The molecule has 2 aromatic rings. The van der Waals surface area contributed by atoms with Crippen LogP contribution in [0.25, 0.3) is 0 Å². The number of methoxy groups -OCH3 is 2. The van der Waals surface area contributed by atoms with Gasteiger partial charge in [0.2, 0.25) is 5.91 Å². The summed E-state index contributed by atoms with van der Waals surface area (Å²) in [5, 5.41) is 2.99. The molecule has 27 heavy (non-hydrogen) atoms. The van der Waals surface area contributed by atoms with Gasteiger partial charge >= 0.3 is 0 Å². The number of nitrogens with zero attached hydrogens (tertiary/aromatic N) is 1. The molecule has 0 aliphatic carbocycles. The maximum Gasteiger partial charge on any atom is 0.220 e. The molecule has 2 aromatic carbocycles. The average molecular weight is 370 g/mol. The Morgan fingerprint density at radius 1 is 0.926 bits per heavy atom. The molecular formula is C22H30N2O3. The zero-order valence-corrected chi connectivity index (χ0v) is 16.7. The summed E-state index contributed by atoms with van der Waals surface area (Å²) >= 11 is 0. The number of rotatable bonds is 10. The van der Waals surface area contributed by atoms with Crippen molar-refractivity contribution in [2.45, 2.75) is 33.2 Å². The van der Waals surface area contributed by atoms with Crippen LogP contribution < -0.4 is 19.7 Å². The van der Waals surface area contributed by atoms with Crippen LogP contribution in [0.3, 0.4) is 0 Å². The van der Waals surface area contributed by atoms with Crippen LogP contribution >= 0.6 is 0 Å². The van der Waals surface area contributed by atoms with E-state index >= 15 is 0 Å². The predicted molar refractivity (Wildman–Crippen MR) is 110 cm³/mol. The van der Waals surface area contributed by atoms with Crippen LogP contribution in [-0.4, -0.2) is 33.2 Å². The molecule has 0 radical (unpaired) electrons. The highest BCUT2D eigenvalue weighted by Crippen LogP contribution is 2.27. The zero-order valence-electron chi connectivity index (χ0n) is 16.7. The normalized spacial score (nSPS) is 10.4. The number of carbonyl (C=O) groups is 1. The third-order valence-corrected chi connectivity index (χ3v) is 4.64. The SMILES string of the molecule is CCN(CC)c1ccc(CNC(=O)CCc2ccc(OC)c(OC)c2)cc1. The third-order valence-electron chi connectivity index (χ3n) is 4.64. The van der Waals surface area contributed by atoms with E-state index in [1.54, 1.807) is 14.2 Å². The number of carbonyl (C=O) groups excluding carboxylic acids is 1. The van der Waals surface area contributed by atoms with Crippen LogP contribution in [0, 0.1) is 0 Å². The zero-order chi connectivity index (χ0) is 19.6. The minimum Gasteiger partial charge on any atom is -0.493 e. The molecule has 1 amide bonds. The lowest BCUT2D eigenvalue weighted by Gasteiger charge is -2.21. The Bertz CT molecular complexity index is 725. The van der Waals surface area contributed by atoms with Gasteiger partial charge in [0.15, 0.2) is 11.5 Å². The van der Waals surface area contributed by atoms with Crippen LogP contribution in [0.2, 0.25) is 0 Å². The molecule has 0 aliphatic heterocycles. The Morgan fingerprint density at radius 3 is 2.15 bits per heavy atom. The minimum atomic E-state index is 0.0394. The number of aryl methyl sites for hydroxylation is 1. The Morgan fingerprint density at radius 2 is 1.56 bits per heavy atom. The fourth-order valence-electron chi connectivity index (χ4n) is 3.00. The van der Waals surface area contributed by atoms with Gasteiger partial charge in [0.1, 0.15) is 0 Å². The number of benzene rings is 2. The molecule has 0 saturated heterocycles. The van der Waals surface area contributed by atoms with E-state index in [0.717, 1.165) is 24.2 Å². The highest BCUT2D eigenvalue weighted by atomic mass is 16.5. The summed E-state index contributed by atoms with van der Waals surface area (Å²) in [5.74, 6) is 1.42. The van der Waals surface area contributed by atoms with Gasteiger partial charge < -0.3 is 19.7 Å². The van der Waals surface area contributed by atoms with Crippen LogP contribution in [0.15, 0.2) is 42.5 Å². The molecule has 5 nitrogen and oxygen atoms in total. The van der Waals surface area contributed by atoms with E-state index in [9.17, 15) is 4.79 Å². The molecule has 146 valence electrons. The maximum absolute atomic E-state index is 12.2. The summed E-state index contributed by atoms with van der Waals surface area (Å²) in [5.41, 5.74) is 3.36. The Balaban J connectivity index is 1.82. The van der Waals surface area contributed by atoms with Crippen molar-refractivity contribution >= 4 is 11.6 Å². The van der Waals surface area contributed by atoms with Crippen molar-refractivity contribution in [2.75, 3.05) is 32.2 Å². The van der Waals surface area contributed by atoms with E-state index in [2.05, 4.69) is 48.3 Å². The standard InChI is InChI=1S/C22H30N2O3/c1-5-24(6-2)19-11-7-18(8-12-19)16-23-22(25)14-10-17-9-13-20(26-3)21(15-17)27-4/h7-9,11-13,15H,5-6,10,14,16H2,1-4H3,(H,23,25). The summed E-state index contributed by atoms with van der Waals surface area (Å²) in [6, 6.07) is 14.1. The Labute approximate surface area is 162 Å². The van der Waals surface area contributed by atoms with Gasteiger partial charge in [-0.3, -0.25) is 4.79 Å². The molecule has 5 heteroatoms. The Kier molecular flexibility index (Phi) is 7.99. The monoisotopic (exact) mass is 370 g/mol. The average Bonchev–Trinajstić information content (AvgIpc) is 2.72. The molecule has 0 saturated carbocycles. The van der Waals surface area contributed by atoms with Crippen molar-refractivity contribution in [1.29, 1.82) is 0 Å². The van der Waals surface area contributed by atoms with E-state index in [1.165, 1.54) is 5.69 Å².